The van der Waals surface area contributed by atoms with Crippen molar-refractivity contribution in [2.75, 3.05) is 13.7 Å². The monoisotopic (exact) mass is 853 g/mol. The van der Waals surface area contributed by atoms with Gasteiger partial charge in [-0.15, -0.1) is 33.1 Å². The van der Waals surface area contributed by atoms with Crippen LogP contribution in [0.5, 0.6) is 0 Å². The molecule has 8 bridgehead atoms. The third kappa shape index (κ3) is 10.3. The number of aromatic nitrogens is 3. The van der Waals surface area contributed by atoms with Crippen LogP contribution in [0.4, 0.5) is 0 Å². The Hall–Kier alpha value is -4.15. The smallest absolute Gasteiger partial charge is 0.681 e. The summed E-state index contributed by atoms with van der Waals surface area (Å²) in [4.78, 5) is 42.3. The number of carbonyl (C=O) groups excluding carboxylic acids is 2. The Labute approximate surface area is 385 Å². The van der Waals surface area contributed by atoms with Gasteiger partial charge in [-0.3, -0.25) is 9.59 Å². The van der Waals surface area contributed by atoms with E-state index in [0.717, 1.165) is 86.7 Å². The van der Waals surface area contributed by atoms with E-state index in [1.807, 2.05) is 44.2 Å². The molecule has 1 N–H and O–H groups in total. The first-order chi connectivity index (χ1) is 29.2. The van der Waals surface area contributed by atoms with Crippen LogP contribution < -0.4 is 36.2 Å². The molecule has 0 aromatic carbocycles. The van der Waals surface area contributed by atoms with Crippen molar-refractivity contribution in [3.63, 3.8) is 0 Å². The van der Waals surface area contributed by atoms with Gasteiger partial charge in [-0.05, 0) is 88.7 Å². The molecule has 0 spiro atoms. The summed E-state index contributed by atoms with van der Waals surface area (Å²) < 4.78 is 11.1. The molecule has 0 saturated carbocycles. The van der Waals surface area contributed by atoms with Crippen molar-refractivity contribution in [1.82, 2.24) is 15.0 Å². The molecule has 330 valence electrons. The molecule has 0 radical (unpaired) electrons. The maximum Gasteiger partial charge on any atom is 2.00 e. The average Bonchev–Trinajstić information content (AvgIpc) is 3.97. The Bertz CT molecular complexity index is 2440. The third-order valence-corrected chi connectivity index (χ3v) is 13.8. The SMILES string of the molecule is C=Cc1c2[n-]c(c1C)/C=C1\[N-]C(C3=c4[n-]c(c(C)c4=C(O)[C@@H]3C(=O)OC)/C=c3\[n-]/c(c(C)c3CC)=C\2)[C@@H](CCC(=O)OC/C=C(\C)CCC[C@@H](C)CCC[C@H](C)CCC)[C@@H]1C.[Mg+2]. The van der Waals surface area contributed by atoms with E-state index in [4.69, 9.17) is 29.7 Å². The summed E-state index contributed by atoms with van der Waals surface area (Å²) in [5.41, 5.74) is 9.73. The molecule has 1 fully saturated rings. The van der Waals surface area contributed by atoms with E-state index in [2.05, 4.69) is 55.0 Å². The van der Waals surface area contributed by atoms with Crippen LogP contribution in [-0.4, -0.2) is 59.9 Å². The molecule has 1 saturated heterocycles. The van der Waals surface area contributed by atoms with Crippen molar-refractivity contribution in [3.05, 3.63) is 95.4 Å². The number of ether oxygens (including phenoxy) is 2. The van der Waals surface area contributed by atoms with Crippen molar-refractivity contribution in [2.45, 2.75) is 139 Å². The minimum absolute atomic E-state index is 0. The summed E-state index contributed by atoms with van der Waals surface area (Å²) in [7, 11) is 1.33. The van der Waals surface area contributed by atoms with E-state index in [-0.39, 0.29) is 59.6 Å². The first-order valence-electron chi connectivity index (χ1n) is 22.8. The normalized spacial score (nSPS) is 22.0. The summed E-state index contributed by atoms with van der Waals surface area (Å²) >= 11 is 0. The summed E-state index contributed by atoms with van der Waals surface area (Å²) in [5.74, 6) is -0.789. The Morgan fingerprint density at radius 3 is 2.24 bits per heavy atom. The molecule has 3 aromatic heterocycles. The van der Waals surface area contributed by atoms with Crippen LogP contribution in [0, 0.1) is 50.4 Å². The number of fused-ring (bicyclic) bond motifs is 8. The van der Waals surface area contributed by atoms with E-state index in [0.29, 0.717) is 28.3 Å². The summed E-state index contributed by atoms with van der Waals surface area (Å²) in [6.45, 7) is 23.8. The van der Waals surface area contributed by atoms with Crippen molar-refractivity contribution < 1.29 is 24.2 Å². The molecule has 10 heteroatoms. The molecule has 9 nitrogen and oxygen atoms in total. The molecule has 1 aliphatic carbocycles. The molecule has 2 aliphatic heterocycles. The molecule has 6 atom stereocenters. The van der Waals surface area contributed by atoms with Gasteiger partial charge < -0.3 is 34.8 Å². The second-order valence-electron chi connectivity index (χ2n) is 18.1. The summed E-state index contributed by atoms with van der Waals surface area (Å²) in [6, 6.07) is -0.571. The minimum Gasteiger partial charge on any atom is -0.681 e. The standard InChI is InChI=1S/C52H68N4O5.Mg/c1-12-17-29(4)18-15-19-30(5)20-16-21-31(6)24-25-61-45(57)23-22-38-34(9)41-26-39-32(7)36(13-2)43(53-39)27-40-33(8)37(14-3)44(54-40)28-42-35(10)46-50(56-42)47(49(38)55-41)48(51(46)58)52(59)60-11;/h13,24,26-30,34,38,48-49,58H,2,12,14-23,25H2,1,3-11H3;/q-4;+2/b31-24+,40-27-,41-26-,44-28-;/t29-,30+,34+,38+,48-,49?;/m1./s1. The molecule has 1 unspecified atom stereocenters. The molecule has 0 amide bonds. The van der Waals surface area contributed by atoms with Gasteiger partial charge in [0.1, 0.15) is 18.3 Å². The van der Waals surface area contributed by atoms with Crippen LogP contribution in [0.2, 0.25) is 0 Å². The molecule has 3 aromatic rings. The van der Waals surface area contributed by atoms with E-state index < -0.39 is 17.9 Å². The fourth-order valence-electron chi connectivity index (χ4n) is 9.97. The van der Waals surface area contributed by atoms with Crippen LogP contribution in [0.15, 0.2) is 23.9 Å². The van der Waals surface area contributed by atoms with Crippen molar-refractivity contribution >= 4 is 70.6 Å². The Balaban J connectivity index is 0.00000726. The zero-order valence-electron chi connectivity index (χ0n) is 39.1. The van der Waals surface area contributed by atoms with Crippen LogP contribution in [-0.2, 0) is 25.5 Å². The number of aliphatic hydroxyl groups excluding tert-OH is 1. The maximum absolute atomic E-state index is 13.6. The van der Waals surface area contributed by atoms with Crippen LogP contribution in [0.25, 0.3) is 41.0 Å². The predicted octanol–water partition coefficient (Wildman–Crippen LogP) is 7.63. The Kier molecular flexibility index (Phi) is 16.9. The number of nitrogens with zero attached hydrogens (tertiary/aromatic N) is 4. The van der Waals surface area contributed by atoms with Gasteiger partial charge in [0.2, 0.25) is 0 Å². The number of allylic oxidation sites excluding steroid dienone is 2. The van der Waals surface area contributed by atoms with Gasteiger partial charge in [0.05, 0.1) is 7.11 Å². The van der Waals surface area contributed by atoms with Gasteiger partial charge in [-0.1, -0.05) is 143 Å². The average molecular weight is 853 g/mol. The van der Waals surface area contributed by atoms with Crippen molar-refractivity contribution in [1.29, 1.82) is 0 Å². The van der Waals surface area contributed by atoms with Gasteiger partial charge in [0.25, 0.3) is 0 Å². The summed E-state index contributed by atoms with van der Waals surface area (Å²) in [6.07, 6.45) is 21.2. The molecule has 3 aliphatic rings. The van der Waals surface area contributed by atoms with Gasteiger partial charge in [-0.25, -0.2) is 0 Å². The Morgan fingerprint density at radius 2 is 1.56 bits per heavy atom. The van der Waals surface area contributed by atoms with E-state index in [1.54, 1.807) is 0 Å². The Morgan fingerprint density at radius 1 is 0.887 bits per heavy atom. The van der Waals surface area contributed by atoms with E-state index in [9.17, 15) is 14.7 Å². The van der Waals surface area contributed by atoms with E-state index in [1.165, 1.54) is 51.2 Å². The topological polar surface area (TPSA) is 129 Å². The number of hydrogen-bond donors (Lipinski definition) is 1. The second-order valence-corrected chi connectivity index (χ2v) is 18.1. The number of aliphatic hydroxyl groups is 1. The number of rotatable bonds is 18. The van der Waals surface area contributed by atoms with Crippen molar-refractivity contribution in [2.24, 2.45) is 29.6 Å². The zero-order valence-corrected chi connectivity index (χ0v) is 40.5. The number of esters is 2. The predicted molar refractivity (Wildman–Crippen MR) is 252 cm³/mol. The van der Waals surface area contributed by atoms with Crippen molar-refractivity contribution in [3.8, 4) is 0 Å². The van der Waals surface area contributed by atoms with Crippen LogP contribution in [0.1, 0.15) is 151 Å². The van der Waals surface area contributed by atoms with Gasteiger partial charge in [-0.2, -0.15) is 5.70 Å². The zero-order chi connectivity index (χ0) is 44.1. The molecular formula is C52H68MgN4O5-2. The molecule has 62 heavy (non-hydrogen) atoms. The quantitative estimate of drug-likeness (QED) is 0.0787. The fourth-order valence-corrected chi connectivity index (χ4v) is 9.97. The molecule has 5 heterocycles. The fraction of sp³-hybridized carbons (Fsp3) is 0.538. The first-order valence-corrected chi connectivity index (χ1v) is 22.8. The minimum atomic E-state index is -1.07. The molecular weight excluding hydrogens is 785 g/mol. The van der Waals surface area contributed by atoms with Crippen LogP contribution >= 0.6 is 0 Å². The third-order valence-electron chi connectivity index (χ3n) is 13.8. The van der Waals surface area contributed by atoms with Crippen LogP contribution in [0.3, 0.4) is 0 Å². The molecule has 6 rings (SSSR count). The first kappa shape index (κ1) is 48.9. The van der Waals surface area contributed by atoms with E-state index >= 15 is 0 Å². The van der Waals surface area contributed by atoms with Gasteiger partial charge in [0, 0.05) is 11.6 Å². The number of carbonyl (C=O) groups is 2. The number of hydrogen-bond acceptors (Lipinski definition) is 5. The largest absolute Gasteiger partial charge is 2.00 e. The van der Waals surface area contributed by atoms with Gasteiger partial charge in [0.15, 0.2) is 0 Å². The maximum atomic E-state index is 13.6. The summed E-state index contributed by atoms with van der Waals surface area (Å²) in [5, 5.41) is 19.9. The number of methoxy groups -OCH3 is 1. The second kappa shape index (κ2) is 21.5. The van der Waals surface area contributed by atoms with Gasteiger partial charge >= 0.3 is 35.0 Å².